The number of aromatic nitrogens is 4. The summed E-state index contributed by atoms with van der Waals surface area (Å²) in [5, 5.41) is 4.43. The van der Waals surface area contributed by atoms with Crippen molar-refractivity contribution in [2.24, 2.45) is 0 Å². The number of hydrogen-bond donors (Lipinski definition) is 0. The molecule has 3 heterocycles. The molecule has 0 radical (unpaired) electrons. The predicted octanol–water partition coefficient (Wildman–Crippen LogP) is 4.00. The molecule has 4 rings (SSSR count). The van der Waals surface area contributed by atoms with Gasteiger partial charge in [-0.3, -0.25) is 9.97 Å². The maximum Gasteiger partial charge on any atom is 0.0733 e. The number of nitrogens with zero attached hydrogens (tertiary/aromatic N) is 4. The van der Waals surface area contributed by atoms with E-state index in [9.17, 15) is 0 Å². The Labute approximate surface area is 134 Å². The molecule has 0 amide bonds. The van der Waals surface area contributed by atoms with E-state index < -0.39 is 0 Å². The van der Waals surface area contributed by atoms with Crippen molar-refractivity contribution < 1.29 is 0 Å². The lowest BCUT2D eigenvalue weighted by molar-refractivity contribution is 0.881. The fraction of sp³-hybridized carbons (Fsp3) is 0. The third-order valence-electron chi connectivity index (χ3n) is 3.64. The highest BCUT2D eigenvalue weighted by atomic mass is 15.3. The SMILES string of the molecule is c1ccc(-c2ccc(-n3cc(-c4ccccn4)cn3)cc2)nc1. The van der Waals surface area contributed by atoms with E-state index in [4.69, 9.17) is 0 Å². The lowest BCUT2D eigenvalue weighted by atomic mass is 10.1. The molecule has 0 saturated carbocycles. The molecule has 0 aliphatic heterocycles. The van der Waals surface area contributed by atoms with Crippen LogP contribution in [0.25, 0.3) is 28.2 Å². The Balaban J connectivity index is 1.63. The van der Waals surface area contributed by atoms with Crippen molar-refractivity contribution in [2.75, 3.05) is 0 Å². The van der Waals surface area contributed by atoms with Crippen molar-refractivity contribution in [3.63, 3.8) is 0 Å². The largest absolute Gasteiger partial charge is 0.256 e. The minimum absolute atomic E-state index is 0.920. The fourth-order valence-corrected chi connectivity index (χ4v) is 2.45. The molecule has 3 aromatic heterocycles. The summed E-state index contributed by atoms with van der Waals surface area (Å²) in [7, 11) is 0. The molecule has 4 aromatic rings. The van der Waals surface area contributed by atoms with Crippen LogP contribution < -0.4 is 0 Å². The van der Waals surface area contributed by atoms with Crippen LogP contribution in [-0.4, -0.2) is 19.7 Å². The monoisotopic (exact) mass is 298 g/mol. The molecule has 0 aliphatic rings. The van der Waals surface area contributed by atoms with E-state index >= 15 is 0 Å². The van der Waals surface area contributed by atoms with Crippen LogP contribution in [0, 0.1) is 0 Å². The molecule has 0 fully saturated rings. The van der Waals surface area contributed by atoms with E-state index in [2.05, 4.69) is 27.2 Å². The van der Waals surface area contributed by atoms with Gasteiger partial charge in [0.25, 0.3) is 0 Å². The molecule has 1 aromatic carbocycles. The van der Waals surface area contributed by atoms with Gasteiger partial charge in [-0.05, 0) is 36.4 Å². The second kappa shape index (κ2) is 5.85. The first-order valence-corrected chi connectivity index (χ1v) is 7.38. The van der Waals surface area contributed by atoms with Crippen LogP contribution in [-0.2, 0) is 0 Å². The average Bonchev–Trinajstić information content (AvgIpc) is 3.14. The highest BCUT2D eigenvalue weighted by molar-refractivity contribution is 5.61. The molecular weight excluding hydrogens is 284 g/mol. The van der Waals surface area contributed by atoms with Gasteiger partial charge in [-0.2, -0.15) is 5.10 Å². The fourth-order valence-electron chi connectivity index (χ4n) is 2.45. The summed E-state index contributed by atoms with van der Waals surface area (Å²) in [6.45, 7) is 0. The maximum absolute atomic E-state index is 4.43. The summed E-state index contributed by atoms with van der Waals surface area (Å²) in [4.78, 5) is 8.71. The molecule has 0 bridgehead atoms. The Bertz CT molecular complexity index is 897. The van der Waals surface area contributed by atoms with Gasteiger partial charge in [-0.15, -0.1) is 0 Å². The van der Waals surface area contributed by atoms with Gasteiger partial charge in [-0.25, -0.2) is 4.68 Å². The van der Waals surface area contributed by atoms with E-state index in [0.717, 1.165) is 28.2 Å². The van der Waals surface area contributed by atoms with Crippen LogP contribution in [0.3, 0.4) is 0 Å². The molecule has 0 N–H and O–H groups in total. The molecule has 4 heteroatoms. The first kappa shape index (κ1) is 13.4. The van der Waals surface area contributed by atoms with Crippen molar-refractivity contribution in [1.29, 1.82) is 0 Å². The number of benzene rings is 1. The highest BCUT2D eigenvalue weighted by Crippen LogP contribution is 2.20. The average molecular weight is 298 g/mol. The Morgan fingerprint density at radius 2 is 1.30 bits per heavy atom. The van der Waals surface area contributed by atoms with E-state index in [1.807, 2.05) is 65.6 Å². The quantitative estimate of drug-likeness (QED) is 0.574. The number of pyridine rings is 2. The number of hydrogen-bond acceptors (Lipinski definition) is 3. The normalized spacial score (nSPS) is 10.6. The van der Waals surface area contributed by atoms with Gasteiger partial charge in [0.2, 0.25) is 0 Å². The first-order chi connectivity index (χ1) is 11.4. The van der Waals surface area contributed by atoms with E-state index in [1.165, 1.54) is 0 Å². The molecule has 0 atom stereocenters. The van der Waals surface area contributed by atoms with Gasteiger partial charge in [0.05, 0.1) is 23.3 Å². The number of rotatable bonds is 3. The second-order valence-electron chi connectivity index (χ2n) is 5.15. The molecular formula is C19H14N4. The van der Waals surface area contributed by atoms with Gasteiger partial charge >= 0.3 is 0 Å². The van der Waals surface area contributed by atoms with Crippen LogP contribution in [0.5, 0.6) is 0 Å². The van der Waals surface area contributed by atoms with Gasteiger partial charge in [0, 0.05) is 29.7 Å². The zero-order valence-corrected chi connectivity index (χ0v) is 12.4. The Kier molecular flexibility index (Phi) is 3.41. The first-order valence-electron chi connectivity index (χ1n) is 7.38. The summed E-state index contributed by atoms with van der Waals surface area (Å²) in [5.41, 5.74) is 4.98. The summed E-state index contributed by atoms with van der Waals surface area (Å²) in [6, 6.07) is 20.0. The zero-order chi connectivity index (χ0) is 15.5. The van der Waals surface area contributed by atoms with Crippen LogP contribution in [0.2, 0.25) is 0 Å². The topological polar surface area (TPSA) is 43.6 Å². The lowest BCUT2D eigenvalue weighted by Gasteiger charge is -2.04. The Hall–Kier alpha value is -3.27. The minimum Gasteiger partial charge on any atom is -0.256 e. The third kappa shape index (κ3) is 2.74. The molecule has 0 saturated heterocycles. The summed E-state index contributed by atoms with van der Waals surface area (Å²) < 4.78 is 1.85. The molecule has 4 nitrogen and oxygen atoms in total. The molecule has 110 valence electrons. The second-order valence-corrected chi connectivity index (χ2v) is 5.15. The van der Waals surface area contributed by atoms with Crippen molar-refractivity contribution >= 4 is 0 Å². The van der Waals surface area contributed by atoms with Gasteiger partial charge in [-0.1, -0.05) is 24.3 Å². The van der Waals surface area contributed by atoms with Crippen molar-refractivity contribution in [2.45, 2.75) is 0 Å². The van der Waals surface area contributed by atoms with Crippen LogP contribution in [0.4, 0.5) is 0 Å². The smallest absolute Gasteiger partial charge is 0.0733 e. The van der Waals surface area contributed by atoms with E-state index in [0.29, 0.717) is 0 Å². The van der Waals surface area contributed by atoms with Gasteiger partial charge in [0.15, 0.2) is 0 Å². The zero-order valence-electron chi connectivity index (χ0n) is 12.4. The Morgan fingerprint density at radius 3 is 1.91 bits per heavy atom. The van der Waals surface area contributed by atoms with Crippen molar-refractivity contribution in [3.8, 4) is 28.2 Å². The molecule has 23 heavy (non-hydrogen) atoms. The lowest BCUT2D eigenvalue weighted by Crippen LogP contribution is -1.93. The summed E-state index contributed by atoms with van der Waals surface area (Å²) in [6.07, 6.45) is 7.40. The molecule has 0 spiro atoms. The maximum atomic E-state index is 4.43. The van der Waals surface area contributed by atoms with Gasteiger partial charge in [0.1, 0.15) is 0 Å². The molecule has 0 unspecified atom stereocenters. The third-order valence-corrected chi connectivity index (χ3v) is 3.64. The van der Waals surface area contributed by atoms with E-state index in [1.54, 1.807) is 12.4 Å². The van der Waals surface area contributed by atoms with Crippen LogP contribution >= 0.6 is 0 Å². The predicted molar refractivity (Wildman–Crippen MR) is 90.0 cm³/mol. The van der Waals surface area contributed by atoms with Crippen LogP contribution in [0.15, 0.2) is 85.5 Å². The summed E-state index contributed by atoms with van der Waals surface area (Å²) >= 11 is 0. The van der Waals surface area contributed by atoms with E-state index in [-0.39, 0.29) is 0 Å². The Morgan fingerprint density at radius 1 is 0.652 bits per heavy atom. The van der Waals surface area contributed by atoms with Gasteiger partial charge < -0.3 is 0 Å². The van der Waals surface area contributed by atoms with Crippen molar-refractivity contribution in [1.82, 2.24) is 19.7 Å². The highest BCUT2D eigenvalue weighted by Gasteiger charge is 2.05. The summed E-state index contributed by atoms with van der Waals surface area (Å²) in [5.74, 6) is 0. The minimum atomic E-state index is 0.920. The van der Waals surface area contributed by atoms with Crippen molar-refractivity contribution in [3.05, 3.63) is 85.5 Å². The standard InChI is InChI=1S/C19H14N4/c1-3-11-20-18(5-1)15-7-9-17(10-8-15)23-14-16(13-22-23)19-6-2-4-12-21-19/h1-14H. The van der Waals surface area contributed by atoms with Crippen LogP contribution in [0.1, 0.15) is 0 Å². The molecule has 0 aliphatic carbocycles.